The number of amides is 1. The maximum atomic E-state index is 13.4. The van der Waals surface area contributed by atoms with Crippen LogP contribution in [0.15, 0.2) is 24.3 Å². The molecule has 27 heavy (non-hydrogen) atoms. The van der Waals surface area contributed by atoms with E-state index in [9.17, 15) is 4.79 Å². The van der Waals surface area contributed by atoms with Crippen molar-refractivity contribution in [1.29, 1.82) is 0 Å². The molecule has 1 amide bonds. The summed E-state index contributed by atoms with van der Waals surface area (Å²) in [5, 5.41) is 4.72. The van der Waals surface area contributed by atoms with Gasteiger partial charge in [-0.3, -0.25) is 9.78 Å². The average Bonchev–Trinajstić information content (AvgIpc) is 3.59. The van der Waals surface area contributed by atoms with E-state index in [1.165, 1.54) is 31.2 Å². The lowest BCUT2D eigenvalue weighted by Crippen LogP contribution is -2.45. The van der Waals surface area contributed by atoms with Crippen molar-refractivity contribution in [2.45, 2.75) is 57.4 Å². The van der Waals surface area contributed by atoms with Gasteiger partial charge >= 0.3 is 0 Å². The highest BCUT2D eigenvalue weighted by Crippen LogP contribution is 2.40. The molecule has 1 aliphatic heterocycles. The van der Waals surface area contributed by atoms with Gasteiger partial charge in [0.2, 0.25) is 0 Å². The number of hydrogen-bond donors (Lipinski definition) is 1. The van der Waals surface area contributed by atoms with Gasteiger partial charge in [0.1, 0.15) is 0 Å². The molecule has 2 heterocycles. The molecule has 3 aliphatic rings. The van der Waals surface area contributed by atoms with E-state index in [-0.39, 0.29) is 5.91 Å². The number of aromatic nitrogens is 1. The smallest absolute Gasteiger partial charge is 0.254 e. The molecule has 1 saturated heterocycles. The second kappa shape index (κ2) is 6.90. The fraction of sp³-hybridized carbons (Fsp3) is 0.565. The summed E-state index contributed by atoms with van der Waals surface area (Å²) in [6.07, 6.45) is 7.32. The number of piperidine rings is 1. The van der Waals surface area contributed by atoms with Crippen LogP contribution in [0.5, 0.6) is 0 Å². The first-order valence-electron chi connectivity index (χ1n) is 10.6. The van der Waals surface area contributed by atoms with Gasteiger partial charge in [-0.2, -0.15) is 0 Å². The number of fused-ring (bicyclic) bond motifs is 1. The zero-order valence-electron chi connectivity index (χ0n) is 16.2. The summed E-state index contributed by atoms with van der Waals surface area (Å²) in [5.74, 6) is 1.66. The number of aryl methyl sites for hydroxylation is 1. The highest BCUT2D eigenvalue weighted by molar-refractivity contribution is 6.06. The molecule has 3 fully saturated rings. The van der Waals surface area contributed by atoms with E-state index < -0.39 is 0 Å². The van der Waals surface area contributed by atoms with Gasteiger partial charge in [-0.25, -0.2) is 0 Å². The van der Waals surface area contributed by atoms with Gasteiger partial charge in [0.05, 0.1) is 11.1 Å². The standard InChI is InChI=1S/C23H29N3O/c1-15-2-7-21-19(12-15)20(13-22(25-21)17-5-6-17)23(27)26-10-8-18(9-11-26)24-14-16-3-4-16/h2,7,12-13,16-18,24H,3-6,8-11,14H2,1H3. The quantitative estimate of drug-likeness (QED) is 0.872. The van der Waals surface area contributed by atoms with E-state index in [4.69, 9.17) is 4.98 Å². The fourth-order valence-corrected chi connectivity index (χ4v) is 4.24. The fourth-order valence-electron chi connectivity index (χ4n) is 4.24. The number of nitrogens with zero attached hydrogens (tertiary/aromatic N) is 2. The molecule has 4 heteroatoms. The summed E-state index contributed by atoms with van der Waals surface area (Å²) in [6.45, 7) is 4.96. The van der Waals surface area contributed by atoms with Crippen LogP contribution in [0.2, 0.25) is 0 Å². The Hall–Kier alpha value is -1.94. The first kappa shape index (κ1) is 17.2. The molecule has 0 atom stereocenters. The van der Waals surface area contributed by atoms with E-state index in [1.807, 2.05) is 0 Å². The van der Waals surface area contributed by atoms with Gasteiger partial charge in [-0.15, -0.1) is 0 Å². The highest BCUT2D eigenvalue weighted by Gasteiger charge is 2.30. The summed E-state index contributed by atoms with van der Waals surface area (Å²) in [7, 11) is 0. The molecule has 2 saturated carbocycles. The zero-order valence-corrected chi connectivity index (χ0v) is 16.2. The third-order valence-electron chi connectivity index (χ3n) is 6.38. The number of likely N-dealkylation sites (tertiary alicyclic amines) is 1. The van der Waals surface area contributed by atoms with Crippen LogP contribution in [0.25, 0.3) is 10.9 Å². The SMILES string of the molecule is Cc1ccc2nc(C3CC3)cc(C(=O)N3CCC(NCC4CC4)CC3)c2c1. The van der Waals surface area contributed by atoms with Crippen LogP contribution in [-0.4, -0.2) is 41.5 Å². The third kappa shape index (κ3) is 3.73. The number of rotatable bonds is 5. The number of pyridine rings is 1. The molecule has 4 nitrogen and oxygen atoms in total. The van der Waals surface area contributed by atoms with Crippen molar-refractivity contribution in [3.63, 3.8) is 0 Å². The minimum absolute atomic E-state index is 0.190. The van der Waals surface area contributed by atoms with Crippen molar-refractivity contribution in [3.8, 4) is 0 Å². The van der Waals surface area contributed by atoms with Crippen molar-refractivity contribution >= 4 is 16.8 Å². The normalized spacial score (nSPS) is 21.0. The Morgan fingerprint density at radius 3 is 2.59 bits per heavy atom. The summed E-state index contributed by atoms with van der Waals surface area (Å²) >= 11 is 0. The maximum Gasteiger partial charge on any atom is 0.254 e. The molecule has 0 bridgehead atoms. The minimum Gasteiger partial charge on any atom is -0.339 e. The van der Waals surface area contributed by atoms with Gasteiger partial charge in [0.25, 0.3) is 5.91 Å². The number of hydrogen-bond acceptors (Lipinski definition) is 3. The second-order valence-electron chi connectivity index (χ2n) is 8.81. The Bertz CT molecular complexity index is 861. The van der Waals surface area contributed by atoms with Crippen LogP contribution in [0, 0.1) is 12.8 Å². The van der Waals surface area contributed by atoms with Crippen molar-refractivity contribution in [1.82, 2.24) is 15.2 Å². The Labute approximate surface area is 161 Å². The maximum absolute atomic E-state index is 13.4. The Morgan fingerprint density at radius 1 is 1.11 bits per heavy atom. The molecule has 0 spiro atoms. The van der Waals surface area contributed by atoms with Crippen LogP contribution in [-0.2, 0) is 0 Å². The van der Waals surface area contributed by atoms with E-state index in [0.29, 0.717) is 12.0 Å². The molecule has 0 radical (unpaired) electrons. The van der Waals surface area contributed by atoms with Crippen LogP contribution < -0.4 is 5.32 Å². The first-order chi connectivity index (χ1) is 13.2. The number of carbonyl (C=O) groups is 1. The van der Waals surface area contributed by atoms with Crippen LogP contribution in [0.3, 0.4) is 0 Å². The highest BCUT2D eigenvalue weighted by atomic mass is 16.2. The van der Waals surface area contributed by atoms with Crippen LogP contribution in [0.1, 0.15) is 66.1 Å². The molecule has 142 valence electrons. The molecular weight excluding hydrogens is 334 g/mol. The first-order valence-corrected chi connectivity index (χ1v) is 10.6. The Morgan fingerprint density at radius 2 is 1.89 bits per heavy atom. The molecule has 2 aliphatic carbocycles. The molecule has 1 N–H and O–H groups in total. The van der Waals surface area contributed by atoms with Gasteiger partial charge in [-0.05, 0) is 76.1 Å². The summed E-state index contributed by atoms with van der Waals surface area (Å²) in [6, 6.07) is 8.95. The Balaban J connectivity index is 1.36. The predicted octanol–water partition coefficient (Wildman–Crippen LogP) is 4.02. The summed E-state index contributed by atoms with van der Waals surface area (Å²) in [4.78, 5) is 20.3. The monoisotopic (exact) mass is 363 g/mol. The molecule has 2 aromatic rings. The van der Waals surface area contributed by atoms with Crippen molar-refractivity contribution in [2.75, 3.05) is 19.6 Å². The van der Waals surface area contributed by atoms with Gasteiger partial charge in [-0.1, -0.05) is 11.6 Å². The molecular formula is C23H29N3O. The minimum atomic E-state index is 0.190. The lowest BCUT2D eigenvalue weighted by molar-refractivity contribution is 0.0707. The molecule has 1 aromatic carbocycles. The average molecular weight is 364 g/mol. The van der Waals surface area contributed by atoms with Gasteiger partial charge in [0.15, 0.2) is 0 Å². The molecule has 1 aromatic heterocycles. The Kier molecular flexibility index (Phi) is 4.39. The van der Waals surface area contributed by atoms with E-state index in [1.54, 1.807) is 0 Å². The lowest BCUT2D eigenvalue weighted by atomic mass is 10.00. The van der Waals surface area contributed by atoms with Crippen LogP contribution in [0.4, 0.5) is 0 Å². The third-order valence-corrected chi connectivity index (χ3v) is 6.38. The van der Waals surface area contributed by atoms with Gasteiger partial charge in [0, 0.05) is 36.1 Å². The van der Waals surface area contributed by atoms with Crippen LogP contribution >= 0.6 is 0 Å². The van der Waals surface area contributed by atoms with Crippen molar-refractivity contribution in [2.24, 2.45) is 5.92 Å². The van der Waals surface area contributed by atoms with E-state index in [2.05, 4.69) is 41.4 Å². The topological polar surface area (TPSA) is 45.2 Å². The van der Waals surface area contributed by atoms with Crippen molar-refractivity contribution < 1.29 is 4.79 Å². The molecule has 5 rings (SSSR count). The summed E-state index contributed by atoms with van der Waals surface area (Å²) in [5.41, 5.74) is 4.11. The van der Waals surface area contributed by atoms with Crippen molar-refractivity contribution in [3.05, 3.63) is 41.1 Å². The number of benzene rings is 1. The molecule has 0 unspecified atom stereocenters. The largest absolute Gasteiger partial charge is 0.339 e. The number of nitrogens with one attached hydrogen (secondary N) is 1. The summed E-state index contributed by atoms with van der Waals surface area (Å²) < 4.78 is 0. The number of carbonyl (C=O) groups excluding carboxylic acids is 1. The predicted molar refractivity (Wildman–Crippen MR) is 108 cm³/mol. The lowest BCUT2D eigenvalue weighted by Gasteiger charge is -2.33. The van der Waals surface area contributed by atoms with E-state index in [0.717, 1.165) is 60.6 Å². The van der Waals surface area contributed by atoms with Gasteiger partial charge < -0.3 is 10.2 Å². The van der Waals surface area contributed by atoms with E-state index >= 15 is 0 Å². The second-order valence-corrected chi connectivity index (χ2v) is 8.81. The zero-order chi connectivity index (χ0) is 18.4.